The third-order valence-electron chi connectivity index (χ3n) is 3.67. The molecule has 2 unspecified atom stereocenters. The van der Waals surface area contributed by atoms with Gasteiger partial charge in [-0.15, -0.1) is 0 Å². The van der Waals surface area contributed by atoms with Gasteiger partial charge in [0.1, 0.15) is 0 Å². The van der Waals surface area contributed by atoms with Gasteiger partial charge in [0, 0.05) is 31.2 Å². The Morgan fingerprint density at radius 3 is 2.62 bits per heavy atom. The first-order valence-corrected chi connectivity index (χ1v) is 6.75. The fourth-order valence-electron chi connectivity index (χ4n) is 2.43. The Bertz CT molecular complexity index is 183. The van der Waals surface area contributed by atoms with Gasteiger partial charge in [-0.3, -0.25) is 4.90 Å². The second-order valence-corrected chi connectivity index (χ2v) is 4.93. The van der Waals surface area contributed by atoms with E-state index in [0.717, 1.165) is 26.3 Å². The zero-order valence-corrected chi connectivity index (χ0v) is 11.3. The van der Waals surface area contributed by atoms with Gasteiger partial charge in [0.25, 0.3) is 0 Å². The number of nitrogens with one attached hydrogen (secondary N) is 1. The maximum Gasteiger partial charge on any atom is 0.0619 e. The van der Waals surface area contributed by atoms with Gasteiger partial charge in [0.05, 0.1) is 13.2 Å². The van der Waals surface area contributed by atoms with Crippen molar-refractivity contribution in [2.45, 2.75) is 58.7 Å². The number of morpholine rings is 1. The number of hydrogen-bond donors (Lipinski definition) is 1. The number of hydrogen-bond acceptors (Lipinski definition) is 3. The molecule has 0 amide bonds. The summed E-state index contributed by atoms with van der Waals surface area (Å²) in [5, 5.41) is 3.65. The van der Waals surface area contributed by atoms with E-state index in [0.29, 0.717) is 18.1 Å². The third kappa shape index (κ3) is 4.04. The summed E-state index contributed by atoms with van der Waals surface area (Å²) in [6.07, 6.45) is 2.45. The fraction of sp³-hybridized carbons (Fsp3) is 1.00. The highest BCUT2D eigenvalue weighted by Crippen LogP contribution is 2.10. The minimum Gasteiger partial charge on any atom is -0.379 e. The van der Waals surface area contributed by atoms with Crippen molar-refractivity contribution in [3.8, 4) is 0 Å². The Morgan fingerprint density at radius 2 is 2.06 bits per heavy atom. The van der Waals surface area contributed by atoms with Crippen molar-refractivity contribution in [3.05, 3.63) is 0 Å². The predicted octanol–water partition coefficient (Wildman–Crippen LogP) is 1.87. The lowest BCUT2D eigenvalue weighted by Gasteiger charge is -2.38. The molecule has 96 valence electrons. The molecule has 1 aliphatic rings. The third-order valence-corrected chi connectivity index (χ3v) is 3.67. The largest absolute Gasteiger partial charge is 0.379 e. The van der Waals surface area contributed by atoms with Gasteiger partial charge in [0.15, 0.2) is 0 Å². The van der Waals surface area contributed by atoms with E-state index < -0.39 is 0 Å². The molecule has 0 aromatic carbocycles. The molecule has 0 aliphatic carbocycles. The summed E-state index contributed by atoms with van der Waals surface area (Å²) in [6, 6.07) is 1.85. The summed E-state index contributed by atoms with van der Waals surface area (Å²) >= 11 is 0. The predicted molar refractivity (Wildman–Crippen MR) is 68.8 cm³/mol. The summed E-state index contributed by atoms with van der Waals surface area (Å²) in [5.41, 5.74) is 0. The van der Waals surface area contributed by atoms with E-state index in [-0.39, 0.29) is 0 Å². The van der Waals surface area contributed by atoms with Crippen molar-refractivity contribution < 1.29 is 4.74 Å². The van der Waals surface area contributed by atoms with E-state index >= 15 is 0 Å². The quantitative estimate of drug-likeness (QED) is 0.751. The van der Waals surface area contributed by atoms with Gasteiger partial charge < -0.3 is 10.1 Å². The van der Waals surface area contributed by atoms with Crippen LogP contribution in [0.1, 0.15) is 40.5 Å². The van der Waals surface area contributed by atoms with Crippen LogP contribution in [0.2, 0.25) is 0 Å². The van der Waals surface area contributed by atoms with Crippen LogP contribution in [0.5, 0.6) is 0 Å². The molecular formula is C13H28N2O. The van der Waals surface area contributed by atoms with Crippen molar-refractivity contribution in [2.75, 3.05) is 26.3 Å². The minimum atomic E-state index is 0.562. The number of rotatable bonds is 6. The summed E-state index contributed by atoms with van der Waals surface area (Å²) in [5.74, 6) is 0. The highest BCUT2D eigenvalue weighted by atomic mass is 16.5. The average Bonchev–Trinajstić information content (AvgIpc) is 2.30. The van der Waals surface area contributed by atoms with Gasteiger partial charge in [0.2, 0.25) is 0 Å². The molecule has 1 fully saturated rings. The Kier molecular flexibility index (Phi) is 6.32. The highest BCUT2D eigenvalue weighted by molar-refractivity contribution is 4.79. The lowest BCUT2D eigenvalue weighted by Crippen LogP contribution is -2.52. The van der Waals surface area contributed by atoms with E-state index in [1.54, 1.807) is 0 Å². The van der Waals surface area contributed by atoms with E-state index in [9.17, 15) is 0 Å². The fourth-order valence-corrected chi connectivity index (χ4v) is 2.43. The molecule has 3 nitrogen and oxygen atoms in total. The van der Waals surface area contributed by atoms with Crippen molar-refractivity contribution in [1.29, 1.82) is 0 Å². The van der Waals surface area contributed by atoms with Crippen LogP contribution in [-0.2, 0) is 4.74 Å². The van der Waals surface area contributed by atoms with Crippen LogP contribution in [0.4, 0.5) is 0 Å². The van der Waals surface area contributed by atoms with E-state index in [2.05, 4.69) is 37.9 Å². The van der Waals surface area contributed by atoms with Crippen molar-refractivity contribution in [3.63, 3.8) is 0 Å². The second kappa shape index (κ2) is 7.25. The standard InChI is InChI=1S/C13H28N2O/c1-5-13(6-2)14-9-11(3)15-7-8-16-10-12(15)4/h11-14H,5-10H2,1-4H3. The van der Waals surface area contributed by atoms with Crippen LogP contribution in [0.15, 0.2) is 0 Å². The molecule has 0 radical (unpaired) electrons. The summed E-state index contributed by atoms with van der Waals surface area (Å²) < 4.78 is 5.47. The molecule has 1 aliphatic heterocycles. The highest BCUT2D eigenvalue weighted by Gasteiger charge is 2.23. The van der Waals surface area contributed by atoms with Crippen LogP contribution in [0.25, 0.3) is 0 Å². The second-order valence-electron chi connectivity index (χ2n) is 4.93. The smallest absolute Gasteiger partial charge is 0.0619 e. The topological polar surface area (TPSA) is 24.5 Å². The van der Waals surface area contributed by atoms with Crippen LogP contribution >= 0.6 is 0 Å². The molecule has 1 N–H and O–H groups in total. The Balaban J connectivity index is 2.30. The average molecular weight is 228 g/mol. The first kappa shape index (κ1) is 13.9. The lowest BCUT2D eigenvalue weighted by atomic mass is 10.1. The van der Waals surface area contributed by atoms with E-state index in [1.165, 1.54) is 12.8 Å². The van der Waals surface area contributed by atoms with E-state index in [4.69, 9.17) is 4.74 Å². The lowest BCUT2D eigenvalue weighted by molar-refractivity contribution is -0.0185. The van der Waals surface area contributed by atoms with Crippen LogP contribution in [-0.4, -0.2) is 49.3 Å². The molecule has 1 saturated heterocycles. The molecule has 0 spiro atoms. The van der Waals surface area contributed by atoms with Gasteiger partial charge in [-0.2, -0.15) is 0 Å². The molecule has 0 bridgehead atoms. The van der Waals surface area contributed by atoms with Crippen LogP contribution < -0.4 is 5.32 Å². The van der Waals surface area contributed by atoms with Crippen molar-refractivity contribution in [2.24, 2.45) is 0 Å². The number of nitrogens with zero attached hydrogens (tertiary/aromatic N) is 1. The number of ether oxygens (including phenoxy) is 1. The molecule has 1 rings (SSSR count). The molecule has 1 heterocycles. The zero-order chi connectivity index (χ0) is 12.0. The summed E-state index contributed by atoms with van der Waals surface area (Å²) in [6.45, 7) is 13.0. The Labute approximate surface area is 101 Å². The normalized spacial score (nSPS) is 24.9. The first-order chi connectivity index (χ1) is 7.69. The maximum absolute atomic E-state index is 5.47. The summed E-state index contributed by atoms with van der Waals surface area (Å²) in [7, 11) is 0. The zero-order valence-electron chi connectivity index (χ0n) is 11.3. The first-order valence-electron chi connectivity index (χ1n) is 6.75. The van der Waals surface area contributed by atoms with Crippen LogP contribution in [0.3, 0.4) is 0 Å². The summed E-state index contributed by atoms with van der Waals surface area (Å²) in [4.78, 5) is 2.55. The molecule has 0 aromatic heterocycles. The molecule has 2 atom stereocenters. The van der Waals surface area contributed by atoms with Crippen molar-refractivity contribution >= 4 is 0 Å². The van der Waals surface area contributed by atoms with Gasteiger partial charge in [-0.1, -0.05) is 13.8 Å². The van der Waals surface area contributed by atoms with Gasteiger partial charge >= 0.3 is 0 Å². The van der Waals surface area contributed by atoms with Gasteiger partial charge in [-0.05, 0) is 26.7 Å². The molecule has 0 aromatic rings. The molecular weight excluding hydrogens is 200 g/mol. The molecule has 3 heteroatoms. The maximum atomic E-state index is 5.47. The molecule has 0 saturated carbocycles. The molecule has 16 heavy (non-hydrogen) atoms. The van der Waals surface area contributed by atoms with Crippen LogP contribution in [0, 0.1) is 0 Å². The Morgan fingerprint density at radius 1 is 1.38 bits per heavy atom. The Hall–Kier alpha value is -0.120. The van der Waals surface area contributed by atoms with Crippen molar-refractivity contribution in [1.82, 2.24) is 10.2 Å². The van der Waals surface area contributed by atoms with Gasteiger partial charge in [-0.25, -0.2) is 0 Å². The van der Waals surface area contributed by atoms with E-state index in [1.807, 2.05) is 0 Å². The minimum absolute atomic E-state index is 0.562. The SMILES string of the molecule is CCC(CC)NCC(C)N1CCOCC1C. The monoisotopic (exact) mass is 228 g/mol.